The van der Waals surface area contributed by atoms with Gasteiger partial charge in [-0.25, -0.2) is 8.42 Å². The molecule has 0 saturated carbocycles. The summed E-state index contributed by atoms with van der Waals surface area (Å²) in [6.45, 7) is 3.11. The number of hydrogen-bond donors (Lipinski definition) is 0. The van der Waals surface area contributed by atoms with Crippen molar-refractivity contribution in [3.8, 4) is 0 Å². The van der Waals surface area contributed by atoms with Crippen LogP contribution in [-0.4, -0.2) is 38.9 Å². The third kappa shape index (κ3) is 5.50. The normalized spacial score (nSPS) is 14.7. The minimum atomic E-state index is -3.89. The van der Waals surface area contributed by atoms with Gasteiger partial charge in [-0.05, 0) is 60.9 Å². The predicted molar refractivity (Wildman–Crippen MR) is 136 cm³/mol. The molecule has 0 aliphatic carbocycles. The standard InChI is InChI=1S/C28H32N2O3S/c1-2-25-13-9-10-16-27(25)30(34(32,33)26-14-7-4-8-15-26)22-28(31)29-19-17-24(18-20-29)21-23-11-5-3-6-12-23/h3-16,24H,2,17-22H2,1H3. The molecule has 34 heavy (non-hydrogen) atoms. The van der Waals surface area contributed by atoms with Crippen molar-refractivity contribution in [1.29, 1.82) is 0 Å². The Morgan fingerprint density at radius 1 is 0.882 bits per heavy atom. The molecule has 0 N–H and O–H groups in total. The van der Waals surface area contributed by atoms with Crippen LogP contribution in [0.2, 0.25) is 0 Å². The third-order valence-electron chi connectivity index (χ3n) is 6.59. The summed E-state index contributed by atoms with van der Waals surface area (Å²) in [6.07, 6.45) is 3.55. The lowest BCUT2D eigenvalue weighted by Crippen LogP contribution is -2.46. The van der Waals surface area contributed by atoms with E-state index in [9.17, 15) is 13.2 Å². The largest absolute Gasteiger partial charge is 0.341 e. The van der Waals surface area contributed by atoms with E-state index < -0.39 is 10.0 Å². The summed E-state index contributed by atoms with van der Waals surface area (Å²) in [5.74, 6) is 0.389. The van der Waals surface area contributed by atoms with Crippen molar-refractivity contribution in [3.63, 3.8) is 0 Å². The molecule has 6 heteroatoms. The minimum absolute atomic E-state index is 0.149. The second kappa shape index (κ2) is 10.9. The van der Waals surface area contributed by atoms with E-state index >= 15 is 0 Å². The molecule has 1 aliphatic heterocycles. The molecule has 4 rings (SSSR count). The highest BCUT2D eigenvalue weighted by Gasteiger charge is 2.31. The van der Waals surface area contributed by atoms with Crippen LogP contribution in [0.15, 0.2) is 89.8 Å². The maximum atomic E-state index is 13.6. The van der Waals surface area contributed by atoms with E-state index in [4.69, 9.17) is 0 Å². The van der Waals surface area contributed by atoms with Crippen LogP contribution in [0.3, 0.4) is 0 Å². The Kier molecular flexibility index (Phi) is 7.68. The van der Waals surface area contributed by atoms with E-state index in [0.717, 1.165) is 24.8 Å². The van der Waals surface area contributed by atoms with Gasteiger partial charge in [-0.3, -0.25) is 9.10 Å². The molecule has 1 amide bonds. The van der Waals surface area contributed by atoms with Gasteiger partial charge >= 0.3 is 0 Å². The summed E-state index contributed by atoms with van der Waals surface area (Å²) in [7, 11) is -3.89. The third-order valence-corrected chi connectivity index (χ3v) is 8.36. The van der Waals surface area contributed by atoms with Crippen molar-refractivity contribution in [3.05, 3.63) is 96.1 Å². The van der Waals surface area contributed by atoms with E-state index in [1.54, 1.807) is 36.4 Å². The second-order valence-electron chi connectivity index (χ2n) is 8.82. The van der Waals surface area contributed by atoms with Crippen molar-refractivity contribution < 1.29 is 13.2 Å². The zero-order valence-electron chi connectivity index (χ0n) is 19.6. The number of likely N-dealkylation sites (tertiary alicyclic amines) is 1. The quantitative estimate of drug-likeness (QED) is 0.463. The van der Waals surface area contributed by atoms with E-state index in [-0.39, 0.29) is 17.3 Å². The molecule has 0 bridgehead atoms. The first-order valence-electron chi connectivity index (χ1n) is 12.0. The zero-order valence-corrected chi connectivity index (χ0v) is 20.5. The summed E-state index contributed by atoms with van der Waals surface area (Å²) >= 11 is 0. The van der Waals surface area contributed by atoms with Crippen LogP contribution in [0.4, 0.5) is 5.69 Å². The van der Waals surface area contributed by atoms with Gasteiger partial charge in [0, 0.05) is 13.1 Å². The number of nitrogens with zero attached hydrogens (tertiary/aromatic N) is 2. The number of aryl methyl sites for hydroxylation is 1. The average Bonchev–Trinajstić information content (AvgIpc) is 2.88. The number of anilines is 1. The van der Waals surface area contributed by atoms with Crippen molar-refractivity contribution >= 4 is 21.6 Å². The van der Waals surface area contributed by atoms with Gasteiger partial charge in [0.2, 0.25) is 5.91 Å². The van der Waals surface area contributed by atoms with Crippen LogP contribution in [0.5, 0.6) is 0 Å². The number of carbonyl (C=O) groups is 1. The molecule has 0 radical (unpaired) electrons. The fraction of sp³-hybridized carbons (Fsp3) is 0.321. The number of sulfonamides is 1. The van der Waals surface area contributed by atoms with E-state index in [2.05, 4.69) is 24.3 Å². The van der Waals surface area contributed by atoms with Crippen LogP contribution in [0, 0.1) is 5.92 Å². The molecular weight excluding hydrogens is 444 g/mol. The molecule has 0 aromatic heterocycles. The summed E-state index contributed by atoms with van der Waals surface area (Å²) in [5.41, 5.74) is 2.79. The molecule has 1 fully saturated rings. The summed E-state index contributed by atoms with van der Waals surface area (Å²) in [6, 6.07) is 26.2. The lowest BCUT2D eigenvalue weighted by molar-refractivity contribution is -0.130. The SMILES string of the molecule is CCc1ccccc1N(CC(=O)N1CCC(Cc2ccccc2)CC1)S(=O)(=O)c1ccccc1. The van der Waals surface area contributed by atoms with Crippen molar-refractivity contribution in [2.75, 3.05) is 23.9 Å². The molecule has 3 aromatic carbocycles. The van der Waals surface area contributed by atoms with Crippen LogP contribution in [0.1, 0.15) is 30.9 Å². The Hall–Kier alpha value is -3.12. The molecule has 5 nitrogen and oxygen atoms in total. The number of carbonyl (C=O) groups excluding carboxylic acids is 1. The maximum Gasteiger partial charge on any atom is 0.264 e. The fourth-order valence-corrected chi connectivity index (χ4v) is 6.10. The second-order valence-corrected chi connectivity index (χ2v) is 10.7. The summed E-state index contributed by atoms with van der Waals surface area (Å²) in [5, 5.41) is 0. The number of hydrogen-bond acceptors (Lipinski definition) is 3. The molecule has 0 unspecified atom stereocenters. The van der Waals surface area contributed by atoms with Crippen molar-refractivity contribution in [2.24, 2.45) is 5.92 Å². The van der Waals surface area contributed by atoms with E-state index in [1.807, 2.05) is 36.1 Å². The lowest BCUT2D eigenvalue weighted by Gasteiger charge is -2.34. The Morgan fingerprint density at radius 2 is 1.47 bits per heavy atom. The highest BCUT2D eigenvalue weighted by Crippen LogP contribution is 2.28. The predicted octanol–water partition coefficient (Wildman–Crippen LogP) is 4.93. The Morgan fingerprint density at radius 3 is 2.12 bits per heavy atom. The zero-order chi connectivity index (χ0) is 24.0. The first-order chi connectivity index (χ1) is 16.5. The first-order valence-corrected chi connectivity index (χ1v) is 13.4. The van der Waals surface area contributed by atoms with Crippen molar-refractivity contribution in [2.45, 2.75) is 37.5 Å². The number of rotatable bonds is 8. The van der Waals surface area contributed by atoms with Gasteiger partial charge in [0.1, 0.15) is 6.54 Å². The van der Waals surface area contributed by atoms with Gasteiger partial charge in [0.25, 0.3) is 10.0 Å². The first kappa shape index (κ1) is 24.0. The number of benzene rings is 3. The molecule has 1 aliphatic rings. The Balaban J connectivity index is 1.51. The van der Waals surface area contributed by atoms with E-state index in [0.29, 0.717) is 31.1 Å². The molecule has 178 valence electrons. The minimum Gasteiger partial charge on any atom is -0.341 e. The number of amides is 1. The highest BCUT2D eigenvalue weighted by atomic mass is 32.2. The molecule has 0 spiro atoms. The molecular formula is C28H32N2O3S. The van der Waals surface area contributed by atoms with Crippen LogP contribution in [-0.2, 0) is 27.7 Å². The molecule has 0 atom stereocenters. The van der Waals surface area contributed by atoms with Gasteiger partial charge in [-0.2, -0.15) is 0 Å². The van der Waals surface area contributed by atoms with Gasteiger partial charge in [0.05, 0.1) is 10.6 Å². The van der Waals surface area contributed by atoms with Crippen molar-refractivity contribution in [1.82, 2.24) is 4.90 Å². The Bertz CT molecular complexity index is 1190. The van der Waals surface area contributed by atoms with Crippen LogP contribution < -0.4 is 4.31 Å². The average molecular weight is 477 g/mol. The van der Waals surface area contributed by atoms with Crippen LogP contribution >= 0.6 is 0 Å². The lowest BCUT2D eigenvalue weighted by atomic mass is 9.90. The highest BCUT2D eigenvalue weighted by molar-refractivity contribution is 7.92. The van der Waals surface area contributed by atoms with Gasteiger partial charge in [0.15, 0.2) is 0 Å². The number of para-hydroxylation sites is 1. The maximum absolute atomic E-state index is 13.6. The summed E-state index contributed by atoms with van der Waals surface area (Å²) in [4.78, 5) is 15.4. The summed E-state index contributed by atoms with van der Waals surface area (Å²) < 4.78 is 28.6. The molecule has 1 saturated heterocycles. The molecule has 3 aromatic rings. The van der Waals surface area contributed by atoms with Gasteiger partial charge in [-0.1, -0.05) is 73.7 Å². The number of piperidine rings is 1. The van der Waals surface area contributed by atoms with Gasteiger partial charge in [-0.15, -0.1) is 0 Å². The van der Waals surface area contributed by atoms with Crippen LogP contribution in [0.25, 0.3) is 0 Å². The Labute approximate surface area is 203 Å². The van der Waals surface area contributed by atoms with Gasteiger partial charge < -0.3 is 4.90 Å². The fourth-order valence-electron chi connectivity index (χ4n) is 4.63. The van der Waals surface area contributed by atoms with E-state index in [1.165, 1.54) is 9.87 Å². The monoisotopic (exact) mass is 476 g/mol. The topological polar surface area (TPSA) is 57.7 Å². The molecule has 1 heterocycles. The smallest absolute Gasteiger partial charge is 0.264 e.